The second-order valence-electron chi connectivity index (χ2n) is 10.9. The molecule has 0 amide bonds. The molecule has 33 heavy (non-hydrogen) atoms. The van der Waals surface area contributed by atoms with Gasteiger partial charge in [0, 0.05) is 19.6 Å². The summed E-state index contributed by atoms with van der Waals surface area (Å²) >= 11 is 0. The summed E-state index contributed by atoms with van der Waals surface area (Å²) < 4.78 is 17.4. The van der Waals surface area contributed by atoms with Gasteiger partial charge >= 0.3 is 6.16 Å². The van der Waals surface area contributed by atoms with Gasteiger partial charge in [0.1, 0.15) is 6.10 Å². The van der Waals surface area contributed by atoms with E-state index in [4.69, 9.17) is 13.9 Å². The highest BCUT2D eigenvalue weighted by molar-refractivity contribution is 6.74. The normalized spacial score (nSPS) is 13.4. The lowest BCUT2D eigenvalue weighted by atomic mass is 10.0. The predicted molar refractivity (Wildman–Crippen MR) is 144 cm³/mol. The maximum Gasteiger partial charge on any atom is 0.508 e. The van der Waals surface area contributed by atoms with Crippen LogP contribution in [0.25, 0.3) is 0 Å². The van der Waals surface area contributed by atoms with Crippen molar-refractivity contribution in [1.82, 2.24) is 4.90 Å². The van der Waals surface area contributed by atoms with Gasteiger partial charge in [0.15, 0.2) is 8.32 Å². The molecule has 0 saturated heterocycles. The summed E-state index contributed by atoms with van der Waals surface area (Å²) in [6, 6.07) is 0. The highest BCUT2D eigenvalue weighted by Gasteiger charge is 2.37. The van der Waals surface area contributed by atoms with Gasteiger partial charge in [-0.15, -0.1) is 0 Å². The summed E-state index contributed by atoms with van der Waals surface area (Å²) in [5, 5.41) is 0.185. The lowest BCUT2D eigenvalue weighted by molar-refractivity contribution is 0.0110. The zero-order chi connectivity index (χ0) is 25.2. The van der Waals surface area contributed by atoms with Crippen LogP contribution in [0.1, 0.15) is 112 Å². The van der Waals surface area contributed by atoms with Crippen LogP contribution < -0.4 is 0 Å². The fraction of sp³-hybridized carbons (Fsp3) is 0.963. The van der Waals surface area contributed by atoms with E-state index in [1.54, 1.807) is 0 Å². The summed E-state index contributed by atoms with van der Waals surface area (Å²) in [6.45, 7) is 21.9. The van der Waals surface area contributed by atoms with Gasteiger partial charge in [-0.3, -0.25) is 0 Å². The first-order valence-corrected chi connectivity index (χ1v) is 16.7. The van der Waals surface area contributed by atoms with Crippen LogP contribution in [-0.4, -0.2) is 58.3 Å². The Balaban J connectivity index is 4.44. The molecule has 198 valence electrons. The maximum absolute atomic E-state index is 12.3. The molecule has 0 saturated carbocycles. The van der Waals surface area contributed by atoms with Crippen LogP contribution in [-0.2, 0) is 13.9 Å². The molecule has 0 aromatic heterocycles. The zero-order valence-corrected chi connectivity index (χ0v) is 24.5. The van der Waals surface area contributed by atoms with E-state index >= 15 is 0 Å². The number of ether oxygens (including phenoxy) is 2. The van der Waals surface area contributed by atoms with E-state index in [0.29, 0.717) is 13.2 Å². The average Bonchev–Trinajstić information content (AvgIpc) is 2.74. The second kappa shape index (κ2) is 18.7. The van der Waals surface area contributed by atoms with Crippen molar-refractivity contribution < 1.29 is 18.7 Å². The Morgan fingerprint density at radius 1 is 0.818 bits per heavy atom. The summed E-state index contributed by atoms with van der Waals surface area (Å²) in [5.41, 5.74) is 0. The van der Waals surface area contributed by atoms with E-state index in [-0.39, 0.29) is 11.1 Å². The van der Waals surface area contributed by atoms with Crippen LogP contribution in [0.5, 0.6) is 0 Å². The number of hydrogen-bond acceptors (Lipinski definition) is 5. The van der Waals surface area contributed by atoms with Gasteiger partial charge in [0.2, 0.25) is 0 Å². The highest BCUT2D eigenvalue weighted by atomic mass is 28.4. The van der Waals surface area contributed by atoms with E-state index in [9.17, 15) is 4.79 Å². The molecule has 0 heterocycles. The van der Waals surface area contributed by atoms with E-state index in [0.717, 1.165) is 45.3 Å². The van der Waals surface area contributed by atoms with Crippen molar-refractivity contribution in [2.24, 2.45) is 0 Å². The van der Waals surface area contributed by atoms with Crippen molar-refractivity contribution in [3.8, 4) is 0 Å². The van der Waals surface area contributed by atoms with Crippen molar-refractivity contribution in [2.45, 2.75) is 136 Å². The van der Waals surface area contributed by atoms with Crippen molar-refractivity contribution in [3.05, 3.63) is 0 Å². The molecule has 1 atom stereocenters. The smallest absolute Gasteiger partial charge is 0.434 e. The van der Waals surface area contributed by atoms with Crippen LogP contribution in [0.3, 0.4) is 0 Å². The van der Waals surface area contributed by atoms with E-state index in [2.05, 4.69) is 59.5 Å². The molecular weight excluding hydrogens is 430 g/mol. The molecule has 0 aliphatic carbocycles. The third-order valence-electron chi connectivity index (χ3n) is 7.08. The first kappa shape index (κ1) is 32.4. The SMILES string of the molecule is CCCCCCCCCCC(CCO[Si](C)(C)C(C)(C)C)OC(=O)OCCCN(CC)CC. The van der Waals surface area contributed by atoms with Crippen LogP contribution in [0, 0.1) is 0 Å². The molecule has 0 aliphatic rings. The highest BCUT2D eigenvalue weighted by Crippen LogP contribution is 2.36. The number of hydrogen-bond donors (Lipinski definition) is 0. The minimum atomic E-state index is -1.79. The fourth-order valence-electron chi connectivity index (χ4n) is 3.58. The summed E-state index contributed by atoms with van der Waals surface area (Å²) in [6.07, 6.45) is 12.1. The minimum absolute atomic E-state index is 0.120. The molecule has 0 aromatic carbocycles. The molecule has 0 spiro atoms. The third-order valence-corrected chi connectivity index (χ3v) is 11.6. The van der Waals surface area contributed by atoms with E-state index in [1.807, 2.05) is 0 Å². The standard InChI is InChI=1S/C27H57NO4Si/c1-9-12-13-14-15-16-17-18-20-25(21-24-31-33(7,8)27(4,5)6)32-26(29)30-23-19-22-28(10-2)11-3/h25H,9-24H2,1-8H3. The molecule has 0 aromatic rings. The molecule has 0 fully saturated rings. The molecule has 0 radical (unpaired) electrons. The van der Waals surface area contributed by atoms with Crippen LogP contribution >= 0.6 is 0 Å². The predicted octanol–water partition coefficient (Wildman–Crippen LogP) is 8.18. The van der Waals surface area contributed by atoms with Gasteiger partial charge in [0.05, 0.1) is 6.61 Å². The number of nitrogens with zero attached hydrogens (tertiary/aromatic N) is 1. The number of carbonyl (C=O) groups is 1. The van der Waals surface area contributed by atoms with Crippen molar-refractivity contribution >= 4 is 14.5 Å². The quantitative estimate of drug-likeness (QED) is 0.0984. The maximum atomic E-state index is 12.3. The van der Waals surface area contributed by atoms with E-state index < -0.39 is 14.5 Å². The van der Waals surface area contributed by atoms with Gasteiger partial charge in [-0.25, -0.2) is 4.79 Å². The Morgan fingerprint density at radius 3 is 1.94 bits per heavy atom. The summed E-state index contributed by atoms with van der Waals surface area (Å²) in [5.74, 6) is 0. The topological polar surface area (TPSA) is 48.0 Å². The Morgan fingerprint density at radius 2 is 1.39 bits per heavy atom. The van der Waals surface area contributed by atoms with Crippen molar-refractivity contribution in [3.63, 3.8) is 0 Å². The molecule has 0 rings (SSSR count). The van der Waals surface area contributed by atoms with Crippen molar-refractivity contribution in [2.75, 3.05) is 32.8 Å². The van der Waals surface area contributed by atoms with Gasteiger partial charge in [-0.1, -0.05) is 86.5 Å². The van der Waals surface area contributed by atoms with Gasteiger partial charge in [-0.2, -0.15) is 0 Å². The van der Waals surface area contributed by atoms with Gasteiger partial charge < -0.3 is 18.8 Å². The molecule has 0 N–H and O–H groups in total. The lowest BCUT2D eigenvalue weighted by Crippen LogP contribution is -2.41. The Kier molecular flexibility index (Phi) is 18.4. The van der Waals surface area contributed by atoms with Gasteiger partial charge in [-0.05, 0) is 50.5 Å². The Hall–Kier alpha value is -0.593. The monoisotopic (exact) mass is 487 g/mol. The Labute approximate surface area is 207 Å². The average molecular weight is 488 g/mol. The first-order valence-electron chi connectivity index (χ1n) is 13.8. The fourth-order valence-corrected chi connectivity index (χ4v) is 4.64. The minimum Gasteiger partial charge on any atom is -0.434 e. The molecule has 1 unspecified atom stereocenters. The van der Waals surface area contributed by atoms with Gasteiger partial charge in [0.25, 0.3) is 0 Å². The van der Waals surface area contributed by atoms with Crippen LogP contribution in [0.4, 0.5) is 4.79 Å². The number of carbonyl (C=O) groups excluding carboxylic acids is 1. The van der Waals surface area contributed by atoms with Crippen LogP contribution in [0.15, 0.2) is 0 Å². The number of rotatable bonds is 20. The summed E-state index contributed by atoms with van der Waals surface area (Å²) in [4.78, 5) is 14.6. The summed E-state index contributed by atoms with van der Waals surface area (Å²) in [7, 11) is -1.79. The second-order valence-corrected chi connectivity index (χ2v) is 15.7. The van der Waals surface area contributed by atoms with E-state index in [1.165, 1.54) is 44.9 Å². The zero-order valence-electron chi connectivity index (χ0n) is 23.5. The molecule has 0 bridgehead atoms. The molecular formula is C27H57NO4Si. The molecule has 6 heteroatoms. The third kappa shape index (κ3) is 16.6. The molecule has 5 nitrogen and oxygen atoms in total. The largest absolute Gasteiger partial charge is 0.508 e. The van der Waals surface area contributed by atoms with Crippen LogP contribution in [0.2, 0.25) is 18.1 Å². The number of unbranched alkanes of at least 4 members (excludes halogenated alkanes) is 7. The van der Waals surface area contributed by atoms with Crippen molar-refractivity contribution in [1.29, 1.82) is 0 Å². The first-order chi connectivity index (χ1) is 15.6. The Bertz CT molecular complexity index is 475. The molecule has 0 aliphatic heterocycles. The lowest BCUT2D eigenvalue weighted by Gasteiger charge is -2.36.